The summed E-state index contributed by atoms with van der Waals surface area (Å²) in [6.07, 6.45) is 4.31. The van der Waals surface area contributed by atoms with Gasteiger partial charge in [-0.2, -0.15) is 11.3 Å². The summed E-state index contributed by atoms with van der Waals surface area (Å²) in [5.41, 5.74) is 3.04. The molecule has 4 nitrogen and oxygen atoms in total. The van der Waals surface area contributed by atoms with Crippen LogP contribution < -0.4 is 4.90 Å². The highest BCUT2D eigenvalue weighted by Gasteiger charge is 2.31. The zero-order chi connectivity index (χ0) is 14.8. The summed E-state index contributed by atoms with van der Waals surface area (Å²) in [6, 6.07) is 2.71. The van der Waals surface area contributed by atoms with Crippen LogP contribution in [0.2, 0.25) is 0 Å². The van der Waals surface area contributed by atoms with Crippen molar-refractivity contribution in [2.75, 3.05) is 4.90 Å². The van der Waals surface area contributed by atoms with Crippen molar-refractivity contribution in [2.45, 2.75) is 51.8 Å². The standard InChI is InChI=1S/C16H21N3OS/c1-11(2)16-17-7-15(14(9-20)18-16)19(13-3-4-13)8-12-5-6-21-10-12/h5-7,10-11,13,20H,3-4,8-9H2,1-2H3. The van der Waals surface area contributed by atoms with Crippen molar-refractivity contribution in [1.82, 2.24) is 9.97 Å². The molecule has 0 aliphatic heterocycles. The predicted molar refractivity (Wildman–Crippen MR) is 85.6 cm³/mol. The molecule has 0 atom stereocenters. The van der Waals surface area contributed by atoms with Crippen LogP contribution in [0.25, 0.3) is 0 Å². The van der Waals surface area contributed by atoms with Crippen molar-refractivity contribution in [3.8, 4) is 0 Å². The molecule has 0 radical (unpaired) electrons. The molecular formula is C16H21N3OS. The van der Waals surface area contributed by atoms with E-state index in [2.05, 4.69) is 45.5 Å². The van der Waals surface area contributed by atoms with Crippen LogP contribution >= 0.6 is 11.3 Å². The summed E-state index contributed by atoms with van der Waals surface area (Å²) >= 11 is 1.72. The van der Waals surface area contributed by atoms with Crippen molar-refractivity contribution in [3.63, 3.8) is 0 Å². The Morgan fingerprint density at radius 3 is 2.81 bits per heavy atom. The van der Waals surface area contributed by atoms with E-state index in [1.54, 1.807) is 11.3 Å². The van der Waals surface area contributed by atoms with Gasteiger partial charge in [0, 0.05) is 18.5 Å². The lowest BCUT2D eigenvalue weighted by Gasteiger charge is -2.26. The molecule has 0 bridgehead atoms. The molecule has 0 saturated heterocycles. The van der Waals surface area contributed by atoms with Crippen molar-refractivity contribution in [3.05, 3.63) is 40.1 Å². The molecule has 112 valence electrons. The summed E-state index contributed by atoms with van der Waals surface area (Å²) in [4.78, 5) is 11.4. The van der Waals surface area contributed by atoms with E-state index in [4.69, 9.17) is 0 Å². The Kier molecular flexibility index (Phi) is 4.22. The number of hydrogen-bond acceptors (Lipinski definition) is 5. The summed E-state index contributed by atoms with van der Waals surface area (Å²) in [5, 5.41) is 14.0. The number of nitrogens with zero attached hydrogens (tertiary/aromatic N) is 3. The fourth-order valence-corrected chi connectivity index (χ4v) is 3.10. The molecule has 2 heterocycles. The van der Waals surface area contributed by atoms with E-state index in [1.165, 1.54) is 18.4 Å². The molecule has 2 aromatic heterocycles. The Labute approximate surface area is 129 Å². The zero-order valence-electron chi connectivity index (χ0n) is 12.5. The lowest BCUT2D eigenvalue weighted by molar-refractivity contribution is 0.276. The summed E-state index contributed by atoms with van der Waals surface area (Å²) in [7, 11) is 0. The number of thiophene rings is 1. The maximum Gasteiger partial charge on any atom is 0.131 e. The van der Waals surface area contributed by atoms with Gasteiger partial charge < -0.3 is 10.0 Å². The first-order valence-electron chi connectivity index (χ1n) is 7.43. The zero-order valence-corrected chi connectivity index (χ0v) is 13.3. The van der Waals surface area contributed by atoms with Crippen LogP contribution in [0.4, 0.5) is 5.69 Å². The number of aromatic nitrogens is 2. The minimum atomic E-state index is -0.0373. The molecule has 0 spiro atoms. The molecule has 1 aliphatic rings. The van der Waals surface area contributed by atoms with Gasteiger partial charge in [-0.25, -0.2) is 9.97 Å². The smallest absolute Gasteiger partial charge is 0.131 e. The lowest BCUT2D eigenvalue weighted by atomic mass is 10.2. The Morgan fingerprint density at radius 1 is 1.43 bits per heavy atom. The third kappa shape index (κ3) is 3.24. The fourth-order valence-electron chi connectivity index (χ4n) is 2.44. The van der Waals surface area contributed by atoms with Crippen LogP contribution in [0.3, 0.4) is 0 Å². The van der Waals surface area contributed by atoms with E-state index in [1.807, 2.05) is 6.20 Å². The number of aliphatic hydroxyl groups is 1. The third-order valence-corrected chi connectivity index (χ3v) is 4.49. The van der Waals surface area contributed by atoms with Gasteiger partial charge in [0.2, 0.25) is 0 Å². The Hall–Kier alpha value is -1.46. The summed E-state index contributed by atoms with van der Waals surface area (Å²) in [6.45, 7) is 4.97. The molecule has 3 rings (SSSR count). The van der Waals surface area contributed by atoms with Gasteiger partial charge in [-0.1, -0.05) is 13.8 Å². The first-order valence-corrected chi connectivity index (χ1v) is 8.37. The topological polar surface area (TPSA) is 49.2 Å². The lowest BCUT2D eigenvalue weighted by Crippen LogP contribution is -2.27. The van der Waals surface area contributed by atoms with Crippen LogP contribution in [0.5, 0.6) is 0 Å². The van der Waals surface area contributed by atoms with Gasteiger partial charge in [-0.15, -0.1) is 0 Å². The van der Waals surface area contributed by atoms with Crippen LogP contribution in [-0.4, -0.2) is 21.1 Å². The molecule has 1 fully saturated rings. The van der Waals surface area contributed by atoms with Gasteiger partial charge in [0.1, 0.15) is 5.82 Å². The first kappa shape index (κ1) is 14.5. The van der Waals surface area contributed by atoms with Gasteiger partial charge in [0.25, 0.3) is 0 Å². The second kappa shape index (κ2) is 6.12. The third-order valence-electron chi connectivity index (χ3n) is 3.76. The van der Waals surface area contributed by atoms with E-state index < -0.39 is 0 Å². The highest BCUT2D eigenvalue weighted by atomic mass is 32.1. The minimum absolute atomic E-state index is 0.0373. The molecule has 0 amide bonds. The molecule has 2 aromatic rings. The highest BCUT2D eigenvalue weighted by Crippen LogP contribution is 2.34. The van der Waals surface area contributed by atoms with Crippen molar-refractivity contribution in [2.24, 2.45) is 0 Å². The van der Waals surface area contributed by atoms with Crippen molar-refractivity contribution < 1.29 is 5.11 Å². The first-order chi connectivity index (χ1) is 10.2. The largest absolute Gasteiger partial charge is 0.390 e. The Balaban J connectivity index is 1.91. The monoisotopic (exact) mass is 303 g/mol. The SMILES string of the molecule is CC(C)c1ncc(N(Cc2ccsc2)C2CC2)c(CO)n1. The van der Waals surface area contributed by atoms with E-state index >= 15 is 0 Å². The fraction of sp³-hybridized carbons (Fsp3) is 0.500. The van der Waals surface area contributed by atoms with Crippen LogP contribution in [0, 0.1) is 0 Å². The Bertz CT molecular complexity index is 594. The van der Waals surface area contributed by atoms with Gasteiger partial charge in [0.05, 0.1) is 24.2 Å². The molecule has 0 aromatic carbocycles. The number of anilines is 1. The van der Waals surface area contributed by atoms with E-state index in [0.717, 1.165) is 23.8 Å². The van der Waals surface area contributed by atoms with Gasteiger partial charge >= 0.3 is 0 Å². The normalized spacial score (nSPS) is 14.7. The molecule has 1 saturated carbocycles. The van der Waals surface area contributed by atoms with Crippen LogP contribution in [0.1, 0.15) is 49.7 Å². The quantitative estimate of drug-likeness (QED) is 0.889. The minimum Gasteiger partial charge on any atom is -0.390 e. The molecule has 1 N–H and O–H groups in total. The molecule has 0 unspecified atom stereocenters. The number of rotatable bonds is 6. The van der Waals surface area contributed by atoms with Gasteiger partial charge in [-0.05, 0) is 35.2 Å². The average Bonchev–Trinajstić information content (AvgIpc) is 3.21. The van der Waals surface area contributed by atoms with Crippen molar-refractivity contribution >= 4 is 17.0 Å². The van der Waals surface area contributed by atoms with E-state index in [-0.39, 0.29) is 12.5 Å². The van der Waals surface area contributed by atoms with Crippen molar-refractivity contribution in [1.29, 1.82) is 0 Å². The molecular weight excluding hydrogens is 282 g/mol. The predicted octanol–water partition coefficient (Wildman–Crippen LogP) is 3.32. The second-order valence-corrected chi connectivity index (χ2v) is 6.64. The summed E-state index contributed by atoms with van der Waals surface area (Å²) < 4.78 is 0. The average molecular weight is 303 g/mol. The van der Waals surface area contributed by atoms with Gasteiger partial charge in [-0.3, -0.25) is 0 Å². The molecule has 5 heteroatoms. The molecule has 21 heavy (non-hydrogen) atoms. The van der Waals surface area contributed by atoms with Crippen LogP contribution in [-0.2, 0) is 13.2 Å². The van der Waals surface area contributed by atoms with E-state index in [9.17, 15) is 5.11 Å². The maximum absolute atomic E-state index is 9.69. The highest BCUT2D eigenvalue weighted by molar-refractivity contribution is 7.07. The van der Waals surface area contributed by atoms with Gasteiger partial charge in [0.15, 0.2) is 0 Å². The summed E-state index contributed by atoms with van der Waals surface area (Å²) in [5.74, 6) is 1.07. The number of aliphatic hydroxyl groups excluding tert-OH is 1. The Morgan fingerprint density at radius 2 is 2.24 bits per heavy atom. The second-order valence-electron chi connectivity index (χ2n) is 5.86. The van der Waals surface area contributed by atoms with E-state index in [0.29, 0.717) is 6.04 Å². The van der Waals surface area contributed by atoms with Crippen LogP contribution in [0.15, 0.2) is 23.0 Å². The molecule has 1 aliphatic carbocycles. The maximum atomic E-state index is 9.69. The number of hydrogen-bond donors (Lipinski definition) is 1.